The van der Waals surface area contributed by atoms with Crippen molar-refractivity contribution in [3.8, 4) is 0 Å². The summed E-state index contributed by atoms with van der Waals surface area (Å²) in [6, 6.07) is 14.3. The summed E-state index contributed by atoms with van der Waals surface area (Å²) in [4.78, 5) is 32.5. The smallest absolute Gasteiger partial charge is 0.274 e. The van der Waals surface area contributed by atoms with E-state index in [0.29, 0.717) is 11.3 Å². The standard InChI is InChI=1S/C21H20N4O2/c1-13-6-4-9-18(14(13)2)24-20(27)19-10-11-22-21(25-19)23-17-8-5-7-16(12-17)15(3)26/h4-12H,1-3H3,(H,24,27)(H,22,23,25). The summed E-state index contributed by atoms with van der Waals surface area (Å²) < 4.78 is 0. The van der Waals surface area contributed by atoms with Crippen molar-refractivity contribution in [3.05, 3.63) is 77.1 Å². The van der Waals surface area contributed by atoms with Crippen LogP contribution in [0.25, 0.3) is 0 Å². The Bertz CT molecular complexity index is 1010. The number of carbonyl (C=O) groups is 2. The van der Waals surface area contributed by atoms with Crippen LogP contribution in [0.2, 0.25) is 0 Å². The zero-order valence-corrected chi connectivity index (χ0v) is 15.4. The first-order valence-corrected chi connectivity index (χ1v) is 8.52. The second kappa shape index (κ2) is 7.78. The molecule has 1 heterocycles. The largest absolute Gasteiger partial charge is 0.324 e. The lowest BCUT2D eigenvalue weighted by atomic mass is 10.1. The number of hydrogen-bond donors (Lipinski definition) is 2. The molecule has 0 radical (unpaired) electrons. The van der Waals surface area contributed by atoms with Crippen molar-refractivity contribution >= 4 is 29.0 Å². The Kier molecular flexibility index (Phi) is 5.26. The molecular weight excluding hydrogens is 340 g/mol. The Balaban J connectivity index is 1.79. The van der Waals surface area contributed by atoms with Crippen molar-refractivity contribution in [1.82, 2.24) is 9.97 Å². The number of aryl methyl sites for hydroxylation is 1. The van der Waals surface area contributed by atoms with Crippen molar-refractivity contribution in [1.29, 1.82) is 0 Å². The number of benzene rings is 2. The van der Waals surface area contributed by atoms with Crippen LogP contribution in [0, 0.1) is 13.8 Å². The second-order valence-electron chi connectivity index (χ2n) is 6.23. The van der Waals surface area contributed by atoms with Crippen molar-refractivity contribution in [3.63, 3.8) is 0 Å². The lowest BCUT2D eigenvalue weighted by Crippen LogP contribution is -2.15. The molecule has 0 saturated heterocycles. The van der Waals surface area contributed by atoms with Gasteiger partial charge in [-0.25, -0.2) is 9.97 Å². The zero-order valence-electron chi connectivity index (χ0n) is 15.4. The van der Waals surface area contributed by atoms with Crippen molar-refractivity contribution in [2.24, 2.45) is 0 Å². The number of anilines is 3. The van der Waals surface area contributed by atoms with Gasteiger partial charge in [0.15, 0.2) is 5.78 Å². The molecule has 2 N–H and O–H groups in total. The third kappa shape index (κ3) is 4.36. The van der Waals surface area contributed by atoms with E-state index >= 15 is 0 Å². The normalized spacial score (nSPS) is 10.3. The van der Waals surface area contributed by atoms with Gasteiger partial charge in [0.05, 0.1) is 0 Å². The zero-order chi connectivity index (χ0) is 19.4. The summed E-state index contributed by atoms with van der Waals surface area (Å²) in [5.41, 5.74) is 4.37. The molecule has 0 atom stereocenters. The highest BCUT2D eigenvalue weighted by molar-refractivity contribution is 6.03. The summed E-state index contributed by atoms with van der Waals surface area (Å²) in [5.74, 6) is -0.0582. The molecule has 0 aliphatic heterocycles. The van der Waals surface area contributed by atoms with Crippen LogP contribution in [-0.2, 0) is 0 Å². The van der Waals surface area contributed by atoms with E-state index < -0.39 is 0 Å². The van der Waals surface area contributed by atoms with Gasteiger partial charge >= 0.3 is 0 Å². The Labute approximate surface area is 157 Å². The quantitative estimate of drug-likeness (QED) is 0.663. The average molecular weight is 360 g/mol. The van der Waals surface area contributed by atoms with Crippen LogP contribution in [0.5, 0.6) is 0 Å². The molecule has 0 aliphatic carbocycles. The monoisotopic (exact) mass is 360 g/mol. The SMILES string of the molecule is CC(=O)c1cccc(Nc2nccc(C(=O)Nc3cccc(C)c3C)n2)c1. The number of Topliss-reactive ketones (excluding diaryl/α,β-unsaturated/α-hetero) is 1. The Morgan fingerprint density at radius 1 is 1.00 bits per heavy atom. The number of nitrogens with one attached hydrogen (secondary N) is 2. The van der Waals surface area contributed by atoms with E-state index in [-0.39, 0.29) is 23.3 Å². The molecule has 1 amide bonds. The van der Waals surface area contributed by atoms with Crippen molar-refractivity contribution in [2.45, 2.75) is 20.8 Å². The van der Waals surface area contributed by atoms with Gasteiger partial charge in [0.1, 0.15) is 5.69 Å². The Morgan fingerprint density at radius 3 is 2.56 bits per heavy atom. The van der Waals surface area contributed by atoms with Crippen LogP contribution < -0.4 is 10.6 Å². The molecule has 6 nitrogen and oxygen atoms in total. The van der Waals surface area contributed by atoms with Gasteiger partial charge in [0.2, 0.25) is 5.95 Å². The van der Waals surface area contributed by atoms with Gasteiger partial charge in [-0.1, -0.05) is 24.3 Å². The maximum atomic E-state index is 12.6. The molecule has 0 saturated carbocycles. The summed E-state index contributed by atoms with van der Waals surface area (Å²) in [5, 5.41) is 5.91. The van der Waals surface area contributed by atoms with Crippen LogP contribution in [0.1, 0.15) is 38.9 Å². The number of rotatable bonds is 5. The first kappa shape index (κ1) is 18.3. The maximum absolute atomic E-state index is 12.6. The highest BCUT2D eigenvalue weighted by Gasteiger charge is 2.11. The Morgan fingerprint density at radius 2 is 1.78 bits per heavy atom. The summed E-state index contributed by atoms with van der Waals surface area (Å²) in [6.45, 7) is 5.46. The molecule has 3 aromatic rings. The molecule has 136 valence electrons. The molecule has 0 spiro atoms. The van der Waals surface area contributed by atoms with Gasteiger partial charge in [-0.2, -0.15) is 0 Å². The molecule has 2 aromatic carbocycles. The van der Waals surface area contributed by atoms with Crippen LogP contribution in [0.4, 0.5) is 17.3 Å². The lowest BCUT2D eigenvalue weighted by Gasteiger charge is -2.11. The highest BCUT2D eigenvalue weighted by atomic mass is 16.2. The summed E-state index contributed by atoms with van der Waals surface area (Å²) in [7, 11) is 0. The molecule has 0 unspecified atom stereocenters. The molecule has 0 aliphatic rings. The van der Waals surface area contributed by atoms with Crippen LogP contribution in [0.3, 0.4) is 0 Å². The number of nitrogens with zero attached hydrogens (tertiary/aromatic N) is 2. The third-order valence-corrected chi connectivity index (χ3v) is 4.27. The molecular formula is C21H20N4O2. The number of carbonyl (C=O) groups excluding carboxylic acids is 2. The summed E-state index contributed by atoms with van der Waals surface area (Å²) in [6.07, 6.45) is 1.52. The number of amides is 1. The topological polar surface area (TPSA) is 84.0 Å². The van der Waals surface area contributed by atoms with Crippen molar-refractivity contribution < 1.29 is 9.59 Å². The summed E-state index contributed by atoms with van der Waals surface area (Å²) >= 11 is 0. The molecule has 1 aromatic heterocycles. The first-order chi connectivity index (χ1) is 12.9. The third-order valence-electron chi connectivity index (χ3n) is 4.27. The van der Waals surface area contributed by atoms with E-state index in [1.807, 2.05) is 32.0 Å². The van der Waals surface area contributed by atoms with Crippen LogP contribution >= 0.6 is 0 Å². The predicted octanol–water partition coefficient (Wildman–Crippen LogP) is 4.29. The highest BCUT2D eigenvalue weighted by Crippen LogP contribution is 2.19. The van der Waals surface area contributed by atoms with Crippen LogP contribution in [-0.4, -0.2) is 21.7 Å². The van der Waals surface area contributed by atoms with Gasteiger partial charge in [0, 0.05) is 23.1 Å². The van der Waals surface area contributed by atoms with E-state index in [4.69, 9.17) is 0 Å². The minimum atomic E-state index is -0.313. The minimum absolute atomic E-state index is 0.0266. The van der Waals surface area contributed by atoms with E-state index in [1.165, 1.54) is 13.1 Å². The van der Waals surface area contributed by atoms with E-state index in [9.17, 15) is 9.59 Å². The molecule has 3 rings (SSSR count). The number of ketones is 1. The van der Waals surface area contributed by atoms with E-state index in [1.54, 1.807) is 30.3 Å². The first-order valence-electron chi connectivity index (χ1n) is 8.52. The fourth-order valence-electron chi connectivity index (χ4n) is 2.56. The van der Waals surface area contributed by atoms with Crippen LogP contribution in [0.15, 0.2) is 54.7 Å². The second-order valence-corrected chi connectivity index (χ2v) is 6.23. The Hall–Kier alpha value is -3.54. The van der Waals surface area contributed by atoms with Gasteiger partial charge in [-0.05, 0) is 56.2 Å². The van der Waals surface area contributed by atoms with Gasteiger partial charge in [-0.15, -0.1) is 0 Å². The number of aromatic nitrogens is 2. The average Bonchev–Trinajstić information content (AvgIpc) is 2.66. The fourth-order valence-corrected chi connectivity index (χ4v) is 2.56. The predicted molar refractivity (Wildman–Crippen MR) is 106 cm³/mol. The van der Waals surface area contributed by atoms with Gasteiger partial charge in [-0.3, -0.25) is 9.59 Å². The van der Waals surface area contributed by atoms with E-state index in [0.717, 1.165) is 16.8 Å². The minimum Gasteiger partial charge on any atom is -0.324 e. The van der Waals surface area contributed by atoms with Crippen molar-refractivity contribution in [2.75, 3.05) is 10.6 Å². The van der Waals surface area contributed by atoms with E-state index in [2.05, 4.69) is 20.6 Å². The molecule has 0 fully saturated rings. The fraction of sp³-hybridized carbons (Fsp3) is 0.143. The number of hydrogen-bond acceptors (Lipinski definition) is 5. The maximum Gasteiger partial charge on any atom is 0.274 e. The van der Waals surface area contributed by atoms with Gasteiger partial charge < -0.3 is 10.6 Å². The molecule has 6 heteroatoms. The lowest BCUT2D eigenvalue weighted by molar-refractivity contribution is 0.101. The van der Waals surface area contributed by atoms with Gasteiger partial charge in [0.25, 0.3) is 5.91 Å². The molecule has 27 heavy (non-hydrogen) atoms. The molecule has 0 bridgehead atoms.